The maximum absolute atomic E-state index is 14.5. The Hall–Kier alpha value is -4.60. The first-order chi connectivity index (χ1) is 22.5. The molecule has 1 fully saturated rings. The summed E-state index contributed by atoms with van der Waals surface area (Å²) in [5.74, 6) is -1.93. The number of amides is 2. The van der Waals surface area contributed by atoms with Crippen LogP contribution in [0.5, 0.6) is 0 Å². The number of hydrogen-bond acceptors (Lipinski definition) is 5. The summed E-state index contributed by atoms with van der Waals surface area (Å²) in [4.78, 5) is 32.6. The summed E-state index contributed by atoms with van der Waals surface area (Å²) in [6.45, 7) is 6.05. The third-order valence-corrected chi connectivity index (χ3v) is 8.08. The molecule has 1 saturated heterocycles. The zero-order valence-corrected chi connectivity index (χ0v) is 26.9. The lowest BCUT2D eigenvalue weighted by atomic mass is 9.93. The second-order valence-corrected chi connectivity index (χ2v) is 13.0. The van der Waals surface area contributed by atoms with Crippen LogP contribution in [0.15, 0.2) is 109 Å². The van der Waals surface area contributed by atoms with Crippen molar-refractivity contribution in [2.75, 3.05) is 6.67 Å². The summed E-state index contributed by atoms with van der Waals surface area (Å²) in [7, 11) is 0. The molecule has 4 aromatic carbocycles. The van der Waals surface area contributed by atoms with E-state index in [-0.39, 0.29) is 19.6 Å². The number of carbonyl (C=O) groups is 2. The molecule has 1 aliphatic heterocycles. The zero-order chi connectivity index (χ0) is 33.6. The van der Waals surface area contributed by atoms with Crippen LogP contribution in [0, 0.1) is 11.6 Å². The number of aliphatic hydroxyl groups excluding tert-OH is 1. The number of nitrogens with zero attached hydrogens (tertiary/aromatic N) is 3. The second-order valence-electron chi connectivity index (χ2n) is 13.0. The lowest BCUT2D eigenvalue weighted by molar-refractivity contribution is -0.133. The van der Waals surface area contributed by atoms with Crippen LogP contribution >= 0.6 is 0 Å². The van der Waals surface area contributed by atoms with Gasteiger partial charge in [-0.3, -0.25) is 14.6 Å². The summed E-state index contributed by atoms with van der Waals surface area (Å²) in [5, 5.41) is 12.4. The van der Waals surface area contributed by atoms with Crippen molar-refractivity contribution in [3.05, 3.63) is 143 Å². The number of hydrogen-bond donors (Lipinski definition) is 1. The van der Waals surface area contributed by atoms with E-state index in [0.717, 1.165) is 22.8 Å². The predicted octanol–water partition coefficient (Wildman–Crippen LogP) is 6.54. The Morgan fingerprint density at radius 2 is 1.32 bits per heavy atom. The van der Waals surface area contributed by atoms with E-state index < -0.39 is 47.4 Å². The van der Waals surface area contributed by atoms with E-state index in [1.807, 2.05) is 95.9 Å². The number of halogens is 2. The van der Waals surface area contributed by atoms with Gasteiger partial charge in [-0.1, -0.05) is 91.0 Å². The fourth-order valence-electron chi connectivity index (χ4n) is 5.99. The van der Waals surface area contributed by atoms with E-state index >= 15 is 0 Å². The minimum Gasteiger partial charge on any atom is -0.444 e. The lowest BCUT2D eigenvalue weighted by Gasteiger charge is -2.39. The van der Waals surface area contributed by atoms with Crippen molar-refractivity contribution in [2.24, 2.45) is 0 Å². The highest BCUT2D eigenvalue weighted by Crippen LogP contribution is 2.29. The van der Waals surface area contributed by atoms with Crippen molar-refractivity contribution in [2.45, 2.75) is 70.6 Å². The maximum atomic E-state index is 14.5. The molecule has 9 heteroatoms. The summed E-state index contributed by atoms with van der Waals surface area (Å²) >= 11 is 0. The molecule has 246 valence electrons. The highest BCUT2D eigenvalue weighted by molar-refractivity contribution is 5.89. The van der Waals surface area contributed by atoms with Crippen molar-refractivity contribution < 1.29 is 28.2 Å². The second kappa shape index (κ2) is 14.9. The first kappa shape index (κ1) is 33.8. The third-order valence-electron chi connectivity index (χ3n) is 8.08. The molecule has 7 nitrogen and oxygen atoms in total. The molecular weight excluding hydrogens is 600 g/mol. The molecule has 1 N–H and O–H groups in total. The van der Waals surface area contributed by atoms with Crippen LogP contribution in [0.2, 0.25) is 0 Å². The molecule has 47 heavy (non-hydrogen) atoms. The molecular formula is C38H41F2N3O4. The van der Waals surface area contributed by atoms with Gasteiger partial charge in [-0.15, -0.1) is 0 Å². The number of benzene rings is 4. The van der Waals surface area contributed by atoms with Crippen LogP contribution in [0.4, 0.5) is 13.6 Å². The van der Waals surface area contributed by atoms with Crippen LogP contribution < -0.4 is 0 Å². The Labute approximate surface area is 275 Å². The summed E-state index contributed by atoms with van der Waals surface area (Å²) in [6, 6.07) is 29.8. The average Bonchev–Trinajstić information content (AvgIpc) is 3.35. The van der Waals surface area contributed by atoms with Gasteiger partial charge in [-0.05, 0) is 61.6 Å². The van der Waals surface area contributed by atoms with Gasteiger partial charge in [-0.2, -0.15) is 0 Å². The van der Waals surface area contributed by atoms with Gasteiger partial charge < -0.3 is 14.7 Å². The Morgan fingerprint density at radius 3 is 1.81 bits per heavy atom. The number of aliphatic hydroxyl groups is 1. The molecule has 5 rings (SSSR count). The largest absolute Gasteiger partial charge is 0.444 e. The van der Waals surface area contributed by atoms with Crippen molar-refractivity contribution in [1.29, 1.82) is 0 Å². The molecule has 0 spiro atoms. The molecule has 3 atom stereocenters. The molecule has 1 heterocycles. The Balaban J connectivity index is 1.57. The van der Waals surface area contributed by atoms with Crippen molar-refractivity contribution in [1.82, 2.24) is 14.7 Å². The molecule has 0 aromatic heterocycles. The smallest absolute Gasteiger partial charge is 0.412 e. The zero-order valence-electron chi connectivity index (χ0n) is 26.9. The van der Waals surface area contributed by atoms with Gasteiger partial charge in [0.15, 0.2) is 0 Å². The fraction of sp³-hybridized carbons (Fsp3) is 0.316. The minimum absolute atomic E-state index is 0.000136. The highest BCUT2D eigenvalue weighted by atomic mass is 19.1. The Kier molecular flexibility index (Phi) is 10.7. The minimum atomic E-state index is -1.46. The molecule has 0 saturated carbocycles. The molecule has 0 aliphatic carbocycles. The van der Waals surface area contributed by atoms with Crippen LogP contribution in [0.1, 0.15) is 43.0 Å². The van der Waals surface area contributed by atoms with E-state index in [4.69, 9.17) is 4.74 Å². The highest BCUT2D eigenvalue weighted by Gasteiger charge is 2.49. The van der Waals surface area contributed by atoms with Gasteiger partial charge in [0.1, 0.15) is 29.9 Å². The summed E-state index contributed by atoms with van der Waals surface area (Å²) < 4.78 is 34.7. The topological polar surface area (TPSA) is 73.3 Å². The van der Waals surface area contributed by atoms with Crippen molar-refractivity contribution in [3.8, 4) is 0 Å². The normalized spacial score (nSPS) is 16.4. The molecule has 0 radical (unpaired) electrons. The molecule has 0 bridgehead atoms. The number of ether oxygens (including phenoxy) is 1. The predicted molar refractivity (Wildman–Crippen MR) is 176 cm³/mol. The maximum Gasteiger partial charge on any atom is 0.412 e. The van der Waals surface area contributed by atoms with Crippen molar-refractivity contribution in [3.63, 3.8) is 0 Å². The molecule has 0 unspecified atom stereocenters. The van der Waals surface area contributed by atoms with E-state index in [1.165, 1.54) is 21.9 Å². The summed E-state index contributed by atoms with van der Waals surface area (Å²) in [5.41, 5.74) is 2.21. The first-order valence-corrected chi connectivity index (χ1v) is 15.7. The van der Waals surface area contributed by atoms with E-state index in [9.17, 15) is 23.5 Å². The van der Waals surface area contributed by atoms with Crippen LogP contribution in [0.25, 0.3) is 0 Å². The monoisotopic (exact) mass is 641 g/mol. The quantitative estimate of drug-likeness (QED) is 0.201. The van der Waals surface area contributed by atoms with Gasteiger partial charge in [0.25, 0.3) is 0 Å². The van der Waals surface area contributed by atoms with Gasteiger partial charge in [0, 0.05) is 31.7 Å². The standard InChI is InChI=1S/C38H41F2N3O4/c1-38(2,3)47-37(46)43-26-42(25-29-17-11-6-12-18-29)36(45)34(43)35(44)33(21-30-19-31(39)22-32(40)20-30)41(23-27-13-7-4-8-14-27)24-28-15-9-5-10-16-28/h4-20,22,33-35,44H,21,23-26H2,1-3H3/t33-,34+,35+/m1/s1. The number of rotatable bonds is 11. The Morgan fingerprint density at radius 1 is 0.830 bits per heavy atom. The average molecular weight is 642 g/mol. The van der Waals surface area contributed by atoms with Crippen LogP contribution in [-0.4, -0.2) is 62.3 Å². The molecule has 1 aliphatic rings. The van der Waals surface area contributed by atoms with Crippen LogP contribution in [-0.2, 0) is 35.6 Å². The number of carbonyl (C=O) groups excluding carboxylic acids is 2. The SMILES string of the molecule is CC(C)(C)OC(=O)N1CN(Cc2ccccc2)C(=O)[C@@H]1[C@@H](O)[C@@H](Cc1cc(F)cc(F)c1)N(Cc1ccccc1)Cc1ccccc1. The molecule has 2 amide bonds. The molecule has 4 aromatic rings. The van der Waals surface area contributed by atoms with E-state index in [1.54, 1.807) is 20.8 Å². The summed E-state index contributed by atoms with van der Waals surface area (Å²) in [6.07, 6.45) is -2.20. The van der Waals surface area contributed by atoms with Gasteiger partial charge >= 0.3 is 6.09 Å². The van der Waals surface area contributed by atoms with E-state index in [0.29, 0.717) is 18.7 Å². The first-order valence-electron chi connectivity index (χ1n) is 15.7. The van der Waals surface area contributed by atoms with Gasteiger partial charge in [-0.25, -0.2) is 13.6 Å². The Bertz CT molecular complexity index is 1570. The lowest BCUT2D eigenvalue weighted by Crippen LogP contribution is -2.56. The van der Waals surface area contributed by atoms with Gasteiger partial charge in [0.05, 0.1) is 6.10 Å². The van der Waals surface area contributed by atoms with Crippen molar-refractivity contribution >= 4 is 12.0 Å². The fourth-order valence-corrected chi connectivity index (χ4v) is 5.99. The van der Waals surface area contributed by atoms with Crippen LogP contribution in [0.3, 0.4) is 0 Å². The third kappa shape index (κ3) is 9.02. The van der Waals surface area contributed by atoms with Gasteiger partial charge in [0.2, 0.25) is 5.91 Å². The van der Waals surface area contributed by atoms with E-state index in [2.05, 4.69) is 0 Å².